The van der Waals surface area contributed by atoms with Gasteiger partial charge >= 0.3 is 0 Å². The smallest absolute Gasteiger partial charge is 0.290 e. The highest BCUT2D eigenvalue weighted by atomic mass is 35.5. The minimum Gasteiger partial charge on any atom is -0.503 e. The van der Waals surface area contributed by atoms with Gasteiger partial charge in [-0.05, 0) is 41.0 Å². The summed E-state index contributed by atoms with van der Waals surface area (Å²) in [5, 5.41) is 11.3. The minimum atomic E-state index is -0.522. The third-order valence-electron chi connectivity index (χ3n) is 4.84. The molecule has 4 rings (SSSR count). The van der Waals surface area contributed by atoms with Gasteiger partial charge in [0, 0.05) is 17.1 Å². The Kier molecular flexibility index (Phi) is 4.88. The molecule has 140 valence electrons. The Hall–Kier alpha value is -3.11. The van der Waals surface area contributed by atoms with Gasteiger partial charge in [-0.3, -0.25) is 4.79 Å². The second kappa shape index (κ2) is 7.49. The molecule has 1 aliphatic rings. The summed E-state index contributed by atoms with van der Waals surface area (Å²) in [5.74, 6) is -1.09. The van der Waals surface area contributed by atoms with Crippen molar-refractivity contribution >= 4 is 23.1 Å². The summed E-state index contributed by atoms with van der Waals surface area (Å²) in [6.45, 7) is 0.290. The van der Waals surface area contributed by atoms with Crippen LogP contribution in [0.2, 0.25) is 5.02 Å². The van der Waals surface area contributed by atoms with Crippen LogP contribution in [0.4, 0.5) is 4.39 Å². The fraction of sp³-hybridized carbons (Fsp3) is 0.0870. The fourth-order valence-corrected chi connectivity index (χ4v) is 3.63. The Bertz CT molecular complexity index is 1030. The molecule has 1 heterocycles. The number of rotatable bonds is 4. The Morgan fingerprint density at radius 3 is 2.21 bits per heavy atom. The van der Waals surface area contributed by atoms with Crippen molar-refractivity contribution in [2.75, 3.05) is 0 Å². The first kappa shape index (κ1) is 18.3. The number of carbonyl (C=O) groups excluding carboxylic acids is 1. The summed E-state index contributed by atoms with van der Waals surface area (Å²) in [7, 11) is 0. The summed E-state index contributed by atoms with van der Waals surface area (Å²) < 4.78 is 13.5. The largest absolute Gasteiger partial charge is 0.503 e. The third kappa shape index (κ3) is 3.39. The second-order valence-electron chi connectivity index (χ2n) is 6.64. The van der Waals surface area contributed by atoms with Crippen LogP contribution in [0.1, 0.15) is 22.7 Å². The zero-order valence-corrected chi connectivity index (χ0v) is 15.6. The molecule has 0 spiro atoms. The van der Waals surface area contributed by atoms with E-state index in [9.17, 15) is 14.3 Å². The van der Waals surface area contributed by atoms with E-state index in [2.05, 4.69) is 0 Å². The lowest BCUT2D eigenvalue weighted by atomic mass is 9.93. The Morgan fingerprint density at radius 1 is 0.929 bits per heavy atom. The van der Waals surface area contributed by atoms with Gasteiger partial charge in [0.1, 0.15) is 5.82 Å². The average molecular weight is 394 g/mol. The molecule has 1 aliphatic heterocycles. The summed E-state index contributed by atoms with van der Waals surface area (Å²) >= 11 is 5.96. The van der Waals surface area contributed by atoms with Gasteiger partial charge in [-0.1, -0.05) is 66.2 Å². The van der Waals surface area contributed by atoms with Crippen LogP contribution < -0.4 is 0 Å². The lowest BCUT2D eigenvalue weighted by molar-refractivity contribution is -0.130. The predicted molar refractivity (Wildman–Crippen MR) is 107 cm³/mol. The Balaban J connectivity index is 1.80. The lowest BCUT2D eigenvalue weighted by Crippen LogP contribution is -2.29. The van der Waals surface area contributed by atoms with Gasteiger partial charge in [-0.2, -0.15) is 0 Å². The molecular formula is C23H17ClFNO2. The van der Waals surface area contributed by atoms with Crippen LogP contribution in [0.3, 0.4) is 0 Å². The maximum atomic E-state index is 13.5. The molecule has 3 aromatic rings. The molecule has 0 saturated heterocycles. The van der Waals surface area contributed by atoms with Gasteiger partial charge < -0.3 is 10.0 Å². The molecule has 0 fully saturated rings. The highest BCUT2D eigenvalue weighted by Crippen LogP contribution is 2.43. The molecule has 0 aromatic heterocycles. The number of halogens is 2. The highest BCUT2D eigenvalue weighted by Gasteiger charge is 2.40. The van der Waals surface area contributed by atoms with E-state index >= 15 is 0 Å². The Morgan fingerprint density at radius 2 is 1.57 bits per heavy atom. The van der Waals surface area contributed by atoms with Crippen LogP contribution in [-0.2, 0) is 11.3 Å². The number of aliphatic hydroxyl groups is 1. The van der Waals surface area contributed by atoms with E-state index in [1.807, 2.05) is 42.5 Å². The van der Waals surface area contributed by atoms with Crippen LogP contribution in [0.5, 0.6) is 0 Å². The van der Waals surface area contributed by atoms with Crippen molar-refractivity contribution < 1.29 is 14.3 Å². The standard InChI is InChI=1S/C23H17ClFNO2/c24-18-10-6-15(7-11-18)14-26-21(17-8-12-19(25)13-9-17)20(22(27)23(26)28)16-4-2-1-3-5-16/h1-13,21,27H,14H2. The monoisotopic (exact) mass is 393 g/mol. The summed E-state index contributed by atoms with van der Waals surface area (Å²) in [5.41, 5.74) is 2.88. The van der Waals surface area contributed by atoms with E-state index in [4.69, 9.17) is 11.6 Å². The van der Waals surface area contributed by atoms with Gasteiger partial charge in [0.15, 0.2) is 5.76 Å². The number of hydrogen-bond acceptors (Lipinski definition) is 2. The van der Waals surface area contributed by atoms with Crippen molar-refractivity contribution in [3.05, 3.63) is 112 Å². The number of carbonyl (C=O) groups is 1. The van der Waals surface area contributed by atoms with Gasteiger partial charge in [-0.25, -0.2) is 4.39 Å². The molecule has 0 bridgehead atoms. The minimum absolute atomic E-state index is 0.283. The molecule has 1 N–H and O–H groups in total. The van der Waals surface area contributed by atoms with Crippen molar-refractivity contribution in [2.45, 2.75) is 12.6 Å². The van der Waals surface area contributed by atoms with Crippen molar-refractivity contribution in [2.24, 2.45) is 0 Å². The number of nitrogens with zero attached hydrogens (tertiary/aromatic N) is 1. The maximum absolute atomic E-state index is 13.5. The molecule has 0 aliphatic carbocycles. The quantitative estimate of drug-likeness (QED) is 0.633. The highest BCUT2D eigenvalue weighted by molar-refractivity contribution is 6.30. The molecule has 0 radical (unpaired) electrons. The van der Waals surface area contributed by atoms with Crippen LogP contribution in [0.15, 0.2) is 84.6 Å². The van der Waals surface area contributed by atoms with Gasteiger partial charge in [0.25, 0.3) is 5.91 Å². The van der Waals surface area contributed by atoms with E-state index < -0.39 is 11.9 Å². The normalized spacial score (nSPS) is 16.7. The first-order valence-electron chi connectivity index (χ1n) is 8.84. The van der Waals surface area contributed by atoms with E-state index in [1.165, 1.54) is 12.1 Å². The molecule has 1 unspecified atom stereocenters. The van der Waals surface area contributed by atoms with Crippen LogP contribution in [0.25, 0.3) is 5.57 Å². The van der Waals surface area contributed by atoms with E-state index in [0.29, 0.717) is 17.1 Å². The zero-order valence-electron chi connectivity index (χ0n) is 14.8. The third-order valence-corrected chi connectivity index (χ3v) is 5.09. The molecule has 0 saturated carbocycles. The van der Waals surface area contributed by atoms with Crippen molar-refractivity contribution in [1.29, 1.82) is 0 Å². The summed E-state index contributed by atoms with van der Waals surface area (Å²) in [6, 6.07) is 22.0. The van der Waals surface area contributed by atoms with Gasteiger partial charge in [0.05, 0.1) is 6.04 Å². The first-order valence-corrected chi connectivity index (χ1v) is 9.22. The summed E-state index contributed by atoms with van der Waals surface area (Å²) in [6.07, 6.45) is 0. The molecule has 5 heteroatoms. The van der Waals surface area contributed by atoms with Crippen LogP contribution in [0, 0.1) is 5.82 Å². The SMILES string of the molecule is O=C1C(O)=C(c2ccccc2)C(c2ccc(F)cc2)N1Cc1ccc(Cl)cc1. The second-order valence-corrected chi connectivity index (χ2v) is 7.08. The van der Waals surface area contributed by atoms with Crippen molar-refractivity contribution in [1.82, 2.24) is 4.90 Å². The topological polar surface area (TPSA) is 40.5 Å². The van der Waals surface area contributed by atoms with Crippen molar-refractivity contribution in [3.63, 3.8) is 0 Å². The van der Waals surface area contributed by atoms with Crippen LogP contribution >= 0.6 is 11.6 Å². The molecule has 3 nitrogen and oxygen atoms in total. The molecular weight excluding hydrogens is 377 g/mol. The fourth-order valence-electron chi connectivity index (χ4n) is 3.51. The van der Waals surface area contributed by atoms with Crippen molar-refractivity contribution in [3.8, 4) is 0 Å². The number of amides is 1. The predicted octanol–water partition coefficient (Wildman–Crippen LogP) is 5.53. The molecule has 1 amide bonds. The zero-order chi connectivity index (χ0) is 19.7. The summed E-state index contributed by atoms with van der Waals surface area (Å²) in [4.78, 5) is 14.5. The first-order chi connectivity index (χ1) is 13.5. The number of benzene rings is 3. The van der Waals surface area contributed by atoms with Crippen LogP contribution in [-0.4, -0.2) is 15.9 Å². The van der Waals surface area contributed by atoms with E-state index in [1.54, 1.807) is 29.2 Å². The average Bonchev–Trinajstić information content (AvgIpc) is 2.96. The van der Waals surface area contributed by atoms with E-state index in [-0.39, 0.29) is 11.6 Å². The molecule has 28 heavy (non-hydrogen) atoms. The van der Waals surface area contributed by atoms with Gasteiger partial charge in [0.2, 0.25) is 0 Å². The Labute approximate surface area is 167 Å². The van der Waals surface area contributed by atoms with E-state index in [0.717, 1.165) is 16.7 Å². The molecule has 1 atom stereocenters. The number of hydrogen-bond donors (Lipinski definition) is 1. The maximum Gasteiger partial charge on any atom is 0.290 e. The number of aliphatic hydroxyl groups excluding tert-OH is 1. The van der Waals surface area contributed by atoms with Gasteiger partial charge in [-0.15, -0.1) is 0 Å². The molecule has 3 aromatic carbocycles. The lowest BCUT2D eigenvalue weighted by Gasteiger charge is -2.27.